The Morgan fingerprint density at radius 2 is 1.92 bits per heavy atom. The summed E-state index contributed by atoms with van der Waals surface area (Å²) in [5, 5.41) is 6.91. The van der Waals surface area contributed by atoms with Crippen LogP contribution in [0.25, 0.3) is 0 Å². The van der Waals surface area contributed by atoms with Gasteiger partial charge in [-0.25, -0.2) is 0 Å². The predicted octanol–water partition coefficient (Wildman–Crippen LogP) is 0.348. The Kier molecular flexibility index (Phi) is 8.58. The molecule has 0 aliphatic rings. The summed E-state index contributed by atoms with van der Waals surface area (Å²) < 4.78 is 0. The lowest BCUT2D eigenvalue weighted by Gasteiger charge is -2.20. The van der Waals surface area contributed by atoms with Crippen molar-refractivity contribution in [3.63, 3.8) is 0 Å². The van der Waals surface area contributed by atoms with Gasteiger partial charge in [0.2, 0.25) is 5.96 Å². The monoisotopic (exact) mass is 207 g/mol. The summed E-state index contributed by atoms with van der Waals surface area (Å²) in [6, 6.07) is 0. The second-order valence-electron chi connectivity index (χ2n) is 2.43. The van der Waals surface area contributed by atoms with Crippen LogP contribution >= 0.6 is 12.4 Å². The highest BCUT2D eigenvalue weighted by atomic mass is 35.5. The molecule has 5 N–H and O–H groups in total. The van der Waals surface area contributed by atoms with Gasteiger partial charge in [-0.15, -0.1) is 12.4 Å². The molecule has 0 fully saturated rings. The zero-order valence-electron chi connectivity index (χ0n) is 8.08. The van der Waals surface area contributed by atoms with Crippen LogP contribution in [0, 0.1) is 5.41 Å². The molecule has 0 aromatic heterocycles. The van der Waals surface area contributed by atoms with E-state index >= 15 is 0 Å². The van der Waals surface area contributed by atoms with E-state index in [1.54, 1.807) is 0 Å². The van der Waals surface area contributed by atoms with Gasteiger partial charge in [0.05, 0.1) is 0 Å². The molecule has 0 radical (unpaired) electrons. The molecule has 13 heavy (non-hydrogen) atoms. The molecule has 78 valence electrons. The molecule has 0 bridgehead atoms. The molecule has 5 nitrogen and oxygen atoms in total. The van der Waals surface area contributed by atoms with Crippen molar-refractivity contribution < 1.29 is 0 Å². The first kappa shape index (κ1) is 14.5. The SMILES string of the molecule is CCCN(CC)C(N)=NC(=N)N.Cl. The van der Waals surface area contributed by atoms with Crippen LogP contribution in [0.2, 0.25) is 0 Å². The number of guanidine groups is 2. The Morgan fingerprint density at radius 3 is 2.23 bits per heavy atom. The van der Waals surface area contributed by atoms with Crippen molar-refractivity contribution in [2.75, 3.05) is 13.1 Å². The predicted molar refractivity (Wildman–Crippen MR) is 58.3 cm³/mol. The van der Waals surface area contributed by atoms with Crippen molar-refractivity contribution in [3.05, 3.63) is 0 Å². The summed E-state index contributed by atoms with van der Waals surface area (Å²) in [6.45, 7) is 5.68. The first-order valence-corrected chi connectivity index (χ1v) is 4.04. The van der Waals surface area contributed by atoms with E-state index in [9.17, 15) is 0 Å². The minimum atomic E-state index is -0.248. The first-order valence-electron chi connectivity index (χ1n) is 4.04. The molecule has 0 saturated heterocycles. The van der Waals surface area contributed by atoms with Crippen LogP contribution in [0.5, 0.6) is 0 Å². The molecular formula is C7H18ClN5. The number of nitrogens with two attached hydrogens (primary N) is 2. The molecule has 6 heteroatoms. The van der Waals surface area contributed by atoms with Crippen LogP contribution in [-0.4, -0.2) is 29.9 Å². The highest BCUT2D eigenvalue weighted by Crippen LogP contribution is 1.89. The summed E-state index contributed by atoms with van der Waals surface area (Å²) in [5.74, 6) is 0.0777. The molecule has 0 aromatic rings. The second kappa shape index (κ2) is 7.67. The number of rotatable bonds is 3. The van der Waals surface area contributed by atoms with E-state index in [1.807, 2.05) is 11.8 Å². The normalized spacial score (nSPS) is 10.5. The van der Waals surface area contributed by atoms with Crippen molar-refractivity contribution in [1.29, 1.82) is 5.41 Å². The molecule has 0 heterocycles. The topological polar surface area (TPSA) is 91.5 Å². The fourth-order valence-corrected chi connectivity index (χ4v) is 0.899. The lowest BCUT2D eigenvalue weighted by Crippen LogP contribution is -2.38. The number of aliphatic imine (C=N–C) groups is 1. The van der Waals surface area contributed by atoms with Crippen molar-refractivity contribution in [3.8, 4) is 0 Å². The van der Waals surface area contributed by atoms with E-state index in [0.29, 0.717) is 5.96 Å². The van der Waals surface area contributed by atoms with Gasteiger partial charge >= 0.3 is 0 Å². The molecule has 0 aliphatic carbocycles. The number of hydrogen-bond donors (Lipinski definition) is 3. The molecule has 0 aromatic carbocycles. The number of nitrogens with one attached hydrogen (secondary N) is 1. The van der Waals surface area contributed by atoms with Gasteiger partial charge in [-0.1, -0.05) is 6.92 Å². The standard InChI is InChI=1S/C7H17N5.ClH/c1-3-5-12(4-2)7(10)11-6(8)9;/h3-5H2,1-2H3,(H5,8,9,10,11);1H. The minimum Gasteiger partial charge on any atom is -0.369 e. The van der Waals surface area contributed by atoms with Gasteiger partial charge in [0.1, 0.15) is 0 Å². The van der Waals surface area contributed by atoms with Gasteiger partial charge < -0.3 is 16.4 Å². The van der Waals surface area contributed by atoms with Gasteiger partial charge in [0, 0.05) is 13.1 Å². The summed E-state index contributed by atoms with van der Waals surface area (Å²) >= 11 is 0. The fourth-order valence-electron chi connectivity index (χ4n) is 0.899. The van der Waals surface area contributed by atoms with E-state index in [4.69, 9.17) is 16.9 Å². The maximum atomic E-state index is 6.91. The minimum absolute atomic E-state index is 0. The lowest BCUT2D eigenvalue weighted by atomic mass is 10.4. The number of hydrogen-bond acceptors (Lipinski definition) is 1. The van der Waals surface area contributed by atoms with Crippen LogP contribution in [0.4, 0.5) is 0 Å². The Hall–Kier alpha value is -0.970. The maximum Gasteiger partial charge on any atom is 0.215 e. The summed E-state index contributed by atoms with van der Waals surface area (Å²) in [5.41, 5.74) is 10.6. The summed E-state index contributed by atoms with van der Waals surface area (Å²) in [6.07, 6.45) is 1.00. The van der Waals surface area contributed by atoms with E-state index in [2.05, 4.69) is 11.9 Å². The number of halogens is 1. The van der Waals surface area contributed by atoms with Crippen molar-refractivity contribution in [2.24, 2.45) is 16.5 Å². The largest absolute Gasteiger partial charge is 0.369 e. The first-order chi connectivity index (χ1) is 5.61. The van der Waals surface area contributed by atoms with Gasteiger partial charge in [-0.05, 0) is 13.3 Å². The Labute approximate surface area is 85.1 Å². The highest BCUT2D eigenvalue weighted by molar-refractivity contribution is 5.91. The summed E-state index contributed by atoms with van der Waals surface area (Å²) in [7, 11) is 0. The lowest BCUT2D eigenvalue weighted by molar-refractivity contribution is 0.435. The third-order valence-electron chi connectivity index (χ3n) is 1.43. The molecule has 0 amide bonds. The molecular weight excluding hydrogens is 190 g/mol. The number of nitrogens with zero attached hydrogens (tertiary/aromatic N) is 2. The second-order valence-corrected chi connectivity index (χ2v) is 2.43. The molecule has 0 rings (SSSR count). The van der Waals surface area contributed by atoms with Gasteiger partial charge in [-0.2, -0.15) is 4.99 Å². The smallest absolute Gasteiger partial charge is 0.215 e. The quantitative estimate of drug-likeness (QED) is 0.461. The fraction of sp³-hybridized carbons (Fsp3) is 0.714. The average Bonchev–Trinajstić information content (AvgIpc) is 1.98. The molecule has 0 unspecified atom stereocenters. The Bertz CT molecular complexity index is 180. The highest BCUT2D eigenvalue weighted by Gasteiger charge is 2.03. The van der Waals surface area contributed by atoms with E-state index in [-0.39, 0.29) is 18.4 Å². The van der Waals surface area contributed by atoms with Crippen LogP contribution in [0.15, 0.2) is 4.99 Å². The van der Waals surface area contributed by atoms with Gasteiger partial charge in [0.25, 0.3) is 0 Å². The Balaban J connectivity index is 0. The van der Waals surface area contributed by atoms with Gasteiger partial charge in [0.15, 0.2) is 5.96 Å². The molecule has 0 aliphatic heterocycles. The van der Waals surface area contributed by atoms with E-state index in [1.165, 1.54) is 0 Å². The molecule has 0 saturated carbocycles. The zero-order chi connectivity index (χ0) is 9.56. The van der Waals surface area contributed by atoms with Gasteiger partial charge in [-0.3, -0.25) is 5.41 Å². The van der Waals surface area contributed by atoms with Crippen molar-refractivity contribution in [1.82, 2.24) is 4.90 Å². The zero-order valence-corrected chi connectivity index (χ0v) is 8.90. The third kappa shape index (κ3) is 6.21. The van der Waals surface area contributed by atoms with Crippen LogP contribution in [0.3, 0.4) is 0 Å². The molecule has 0 spiro atoms. The van der Waals surface area contributed by atoms with E-state index < -0.39 is 0 Å². The van der Waals surface area contributed by atoms with Crippen molar-refractivity contribution >= 4 is 24.3 Å². The third-order valence-corrected chi connectivity index (χ3v) is 1.43. The average molecular weight is 208 g/mol. The van der Waals surface area contributed by atoms with Crippen LogP contribution in [-0.2, 0) is 0 Å². The summed E-state index contributed by atoms with van der Waals surface area (Å²) in [4.78, 5) is 5.52. The maximum absolute atomic E-state index is 6.91. The Morgan fingerprint density at radius 1 is 1.38 bits per heavy atom. The van der Waals surface area contributed by atoms with Crippen LogP contribution < -0.4 is 11.5 Å². The van der Waals surface area contributed by atoms with Crippen molar-refractivity contribution in [2.45, 2.75) is 20.3 Å². The van der Waals surface area contributed by atoms with Crippen LogP contribution in [0.1, 0.15) is 20.3 Å². The van der Waals surface area contributed by atoms with E-state index in [0.717, 1.165) is 19.5 Å². The molecule has 0 atom stereocenters.